The summed E-state index contributed by atoms with van der Waals surface area (Å²) in [5, 5.41) is 14.0. The molecule has 1 saturated carbocycles. The first kappa shape index (κ1) is 13.3. The third-order valence-corrected chi connectivity index (χ3v) is 4.19. The number of rotatable bonds is 6. The van der Waals surface area contributed by atoms with E-state index in [1.165, 1.54) is 25.0 Å². The second kappa shape index (κ2) is 6.12. The molecule has 0 aromatic carbocycles. The summed E-state index contributed by atoms with van der Waals surface area (Å²) < 4.78 is 0. The van der Waals surface area contributed by atoms with Gasteiger partial charge in [-0.1, -0.05) is 6.92 Å². The van der Waals surface area contributed by atoms with Gasteiger partial charge in [-0.05, 0) is 51.8 Å². The number of thioether (sulfide) groups is 1. The van der Waals surface area contributed by atoms with Crippen molar-refractivity contribution in [2.75, 3.05) is 12.3 Å². The molecule has 2 N–H and O–H groups in total. The zero-order chi connectivity index (χ0) is 11.3. The van der Waals surface area contributed by atoms with E-state index in [1.807, 2.05) is 13.8 Å². The molecule has 3 heteroatoms. The van der Waals surface area contributed by atoms with Crippen LogP contribution in [0.1, 0.15) is 46.5 Å². The summed E-state index contributed by atoms with van der Waals surface area (Å²) in [7, 11) is 0. The maximum absolute atomic E-state index is 9.58. The van der Waals surface area contributed by atoms with Crippen molar-refractivity contribution < 1.29 is 5.11 Å². The maximum Gasteiger partial charge on any atom is 0.0603 e. The van der Waals surface area contributed by atoms with E-state index in [0.717, 1.165) is 18.2 Å². The maximum atomic E-state index is 9.58. The first-order valence-electron chi connectivity index (χ1n) is 6.08. The minimum Gasteiger partial charge on any atom is -0.390 e. The lowest BCUT2D eigenvalue weighted by Crippen LogP contribution is -2.32. The first-order chi connectivity index (χ1) is 7.01. The number of hydrogen-bond donors (Lipinski definition) is 2. The molecular weight excluding hydrogens is 206 g/mol. The van der Waals surface area contributed by atoms with Crippen LogP contribution in [0.5, 0.6) is 0 Å². The second-order valence-electron chi connectivity index (χ2n) is 5.10. The molecular formula is C12H25NOS. The van der Waals surface area contributed by atoms with Crippen LogP contribution < -0.4 is 5.32 Å². The van der Waals surface area contributed by atoms with Crippen molar-refractivity contribution >= 4 is 11.8 Å². The van der Waals surface area contributed by atoms with Crippen LogP contribution in [0.3, 0.4) is 0 Å². The minimum atomic E-state index is -0.525. The van der Waals surface area contributed by atoms with Crippen LogP contribution in [0.25, 0.3) is 0 Å². The molecule has 2 nitrogen and oxygen atoms in total. The standard InChI is InChI=1S/C12H25NOS/c1-4-15-11-6-5-10(9-11)13-8-7-12(2,3)14/h10-11,13-14H,4-9H2,1-3H3. The Bertz CT molecular complexity index is 179. The molecule has 90 valence electrons. The molecule has 1 rings (SSSR count). The largest absolute Gasteiger partial charge is 0.390 e. The molecule has 0 aromatic rings. The van der Waals surface area contributed by atoms with Crippen molar-refractivity contribution in [3.63, 3.8) is 0 Å². The van der Waals surface area contributed by atoms with Crippen molar-refractivity contribution in [2.45, 2.75) is 63.3 Å². The Balaban J connectivity index is 2.09. The van der Waals surface area contributed by atoms with E-state index in [4.69, 9.17) is 0 Å². The fourth-order valence-electron chi connectivity index (χ4n) is 2.09. The smallest absolute Gasteiger partial charge is 0.0603 e. The van der Waals surface area contributed by atoms with E-state index in [0.29, 0.717) is 6.04 Å². The van der Waals surface area contributed by atoms with Crippen molar-refractivity contribution in [3.8, 4) is 0 Å². The lowest BCUT2D eigenvalue weighted by molar-refractivity contribution is 0.0704. The molecule has 1 aliphatic rings. The van der Waals surface area contributed by atoms with Crippen molar-refractivity contribution in [3.05, 3.63) is 0 Å². The van der Waals surface area contributed by atoms with Crippen molar-refractivity contribution in [1.29, 1.82) is 0 Å². The molecule has 2 unspecified atom stereocenters. The molecule has 2 atom stereocenters. The zero-order valence-electron chi connectivity index (χ0n) is 10.3. The van der Waals surface area contributed by atoms with Crippen LogP contribution in [0.2, 0.25) is 0 Å². The van der Waals surface area contributed by atoms with Crippen LogP contribution in [-0.4, -0.2) is 34.3 Å². The van der Waals surface area contributed by atoms with Gasteiger partial charge in [-0.15, -0.1) is 0 Å². The van der Waals surface area contributed by atoms with Gasteiger partial charge in [0.15, 0.2) is 0 Å². The van der Waals surface area contributed by atoms with Crippen LogP contribution in [-0.2, 0) is 0 Å². The molecule has 15 heavy (non-hydrogen) atoms. The quantitative estimate of drug-likeness (QED) is 0.736. The fraction of sp³-hybridized carbons (Fsp3) is 1.00. The number of hydrogen-bond acceptors (Lipinski definition) is 3. The zero-order valence-corrected chi connectivity index (χ0v) is 11.1. The highest BCUT2D eigenvalue weighted by Gasteiger charge is 2.24. The predicted octanol–water partition coefficient (Wildman–Crippen LogP) is 2.41. The van der Waals surface area contributed by atoms with Gasteiger partial charge in [0.1, 0.15) is 0 Å². The Kier molecular flexibility index (Phi) is 5.44. The molecule has 0 radical (unpaired) electrons. The Hall–Kier alpha value is 0.270. The molecule has 0 amide bonds. The third kappa shape index (κ3) is 5.79. The van der Waals surface area contributed by atoms with Crippen LogP contribution >= 0.6 is 11.8 Å². The average molecular weight is 231 g/mol. The lowest BCUT2D eigenvalue weighted by Gasteiger charge is -2.19. The molecule has 0 aliphatic heterocycles. The summed E-state index contributed by atoms with van der Waals surface area (Å²) >= 11 is 2.09. The summed E-state index contributed by atoms with van der Waals surface area (Å²) in [5.74, 6) is 1.24. The first-order valence-corrected chi connectivity index (χ1v) is 7.13. The van der Waals surface area contributed by atoms with Crippen molar-refractivity contribution in [2.24, 2.45) is 0 Å². The molecule has 0 heterocycles. The topological polar surface area (TPSA) is 32.3 Å². The van der Waals surface area contributed by atoms with Gasteiger partial charge in [0.05, 0.1) is 5.60 Å². The van der Waals surface area contributed by atoms with Gasteiger partial charge in [0.2, 0.25) is 0 Å². The number of nitrogens with one attached hydrogen (secondary N) is 1. The second-order valence-corrected chi connectivity index (χ2v) is 6.68. The highest BCUT2D eigenvalue weighted by Crippen LogP contribution is 2.29. The average Bonchev–Trinajstić information content (AvgIpc) is 2.51. The fourth-order valence-corrected chi connectivity index (χ4v) is 3.24. The van der Waals surface area contributed by atoms with E-state index in [9.17, 15) is 5.11 Å². The van der Waals surface area contributed by atoms with Gasteiger partial charge >= 0.3 is 0 Å². The molecule has 1 aliphatic carbocycles. The molecule has 0 bridgehead atoms. The Morgan fingerprint density at radius 2 is 2.13 bits per heavy atom. The van der Waals surface area contributed by atoms with Gasteiger partial charge in [-0.2, -0.15) is 11.8 Å². The van der Waals surface area contributed by atoms with Crippen LogP contribution in [0, 0.1) is 0 Å². The molecule has 1 fully saturated rings. The van der Waals surface area contributed by atoms with E-state index < -0.39 is 5.60 Å². The van der Waals surface area contributed by atoms with E-state index in [1.54, 1.807) is 0 Å². The Morgan fingerprint density at radius 1 is 1.40 bits per heavy atom. The molecule has 0 saturated heterocycles. The van der Waals surface area contributed by atoms with Gasteiger partial charge in [-0.3, -0.25) is 0 Å². The third-order valence-electron chi connectivity index (χ3n) is 2.96. The highest BCUT2D eigenvalue weighted by molar-refractivity contribution is 7.99. The van der Waals surface area contributed by atoms with Gasteiger partial charge < -0.3 is 10.4 Å². The number of aliphatic hydroxyl groups is 1. The van der Waals surface area contributed by atoms with Crippen LogP contribution in [0.15, 0.2) is 0 Å². The van der Waals surface area contributed by atoms with Gasteiger partial charge in [0.25, 0.3) is 0 Å². The van der Waals surface area contributed by atoms with Crippen molar-refractivity contribution in [1.82, 2.24) is 5.32 Å². The lowest BCUT2D eigenvalue weighted by atomic mass is 10.1. The van der Waals surface area contributed by atoms with Gasteiger partial charge in [-0.25, -0.2) is 0 Å². The minimum absolute atomic E-state index is 0.525. The monoisotopic (exact) mass is 231 g/mol. The SMILES string of the molecule is CCSC1CCC(NCCC(C)(C)O)C1. The Labute approximate surface area is 98.2 Å². The van der Waals surface area contributed by atoms with E-state index in [2.05, 4.69) is 24.0 Å². The normalized spacial score (nSPS) is 27.2. The van der Waals surface area contributed by atoms with E-state index >= 15 is 0 Å². The highest BCUT2D eigenvalue weighted by atomic mass is 32.2. The Morgan fingerprint density at radius 3 is 2.73 bits per heavy atom. The van der Waals surface area contributed by atoms with E-state index in [-0.39, 0.29) is 0 Å². The summed E-state index contributed by atoms with van der Waals surface area (Å²) in [6.07, 6.45) is 4.82. The summed E-state index contributed by atoms with van der Waals surface area (Å²) in [5.41, 5.74) is -0.525. The molecule has 0 spiro atoms. The summed E-state index contributed by atoms with van der Waals surface area (Å²) in [4.78, 5) is 0. The molecule has 0 aromatic heterocycles. The van der Waals surface area contributed by atoms with Gasteiger partial charge in [0, 0.05) is 11.3 Å². The predicted molar refractivity (Wildman–Crippen MR) is 68.5 cm³/mol. The van der Waals surface area contributed by atoms with Crippen LogP contribution in [0.4, 0.5) is 0 Å². The summed E-state index contributed by atoms with van der Waals surface area (Å²) in [6, 6.07) is 0.691. The summed E-state index contributed by atoms with van der Waals surface area (Å²) in [6.45, 7) is 6.93.